The number of carbonyl (C=O) groups is 3. The summed E-state index contributed by atoms with van der Waals surface area (Å²) in [7, 11) is 0. The molecule has 37 heavy (non-hydrogen) atoms. The van der Waals surface area contributed by atoms with Gasteiger partial charge >= 0.3 is 0 Å². The quantitative estimate of drug-likeness (QED) is 0.231. The Hall–Kier alpha value is -4.68. The molecule has 4 aromatic rings. The molecule has 182 valence electrons. The van der Waals surface area contributed by atoms with Crippen LogP contribution in [0.2, 0.25) is 5.02 Å². The van der Waals surface area contributed by atoms with Crippen molar-refractivity contribution in [3.8, 4) is 11.5 Å². The summed E-state index contributed by atoms with van der Waals surface area (Å²) in [6.07, 6.45) is 1.65. The number of hydrogen-bond acceptors (Lipinski definition) is 4. The van der Waals surface area contributed by atoms with Crippen LogP contribution in [-0.2, 0) is 9.59 Å². The monoisotopic (exact) mass is 508 g/mol. The summed E-state index contributed by atoms with van der Waals surface area (Å²) in [5.74, 6) is 0.100. The van der Waals surface area contributed by atoms with Gasteiger partial charge in [0, 0.05) is 27.4 Å². The zero-order valence-corrected chi connectivity index (χ0v) is 20.3. The summed E-state index contributed by atoms with van der Waals surface area (Å²) < 4.78 is 6.06. The molecule has 0 aliphatic carbocycles. The predicted octanol–water partition coefficient (Wildman–Crippen LogP) is 6.73. The maximum absolute atomic E-state index is 13.0. The van der Waals surface area contributed by atoms with Crippen LogP contribution < -0.4 is 15.0 Å². The van der Waals surface area contributed by atoms with Gasteiger partial charge in [-0.05, 0) is 66.7 Å². The first-order valence-electron chi connectivity index (χ1n) is 11.5. The highest BCUT2D eigenvalue weighted by Gasteiger charge is 2.35. The number of hydrogen-bond donors (Lipinski definition) is 1. The molecular weight excluding hydrogens is 488 g/mol. The second-order valence-corrected chi connectivity index (χ2v) is 8.78. The van der Waals surface area contributed by atoms with E-state index in [-0.39, 0.29) is 18.2 Å². The first-order chi connectivity index (χ1) is 18.0. The number of amides is 3. The smallest absolute Gasteiger partial charge is 0.261 e. The number of nitrogens with zero attached hydrogens (tertiary/aromatic N) is 1. The fraction of sp³-hybridized carbons (Fsp3) is 0.0333. The molecule has 1 aliphatic rings. The number of halogens is 1. The molecule has 0 unspecified atom stereocenters. The molecule has 6 nitrogen and oxygen atoms in total. The van der Waals surface area contributed by atoms with Crippen molar-refractivity contribution in [3.63, 3.8) is 0 Å². The van der Waals surface area contributed by atoms with Crippen molar-refractivity contribution >= 4 is 46.8 Å². The van der Waals surface area contributed by atoms with Crippen molar-refractivity contribution in [1.82, 2.24) is 0 Å². The molecule has 1 aliphatic heterocycles. The highest BCUT2D eigenvalue weighted by molar-refractivity contribution is 6.32. The molecule has 1 fully saturated rings. The lowest BCUT2D eigenvalue weighted by molar-refractivity contribution is -0.120. The first kappa shape index (κ1) is 24.0. The van der Waals surface area contributed by atoms with E-state index in [2.05, 4.69) is 5.32 Å². The number of imide groups is 1. The van der Waals surface area contributed by atoms with Gasteiger partial charge in [-0.15, -0.1) is 0 Å². The summed E-state index contributed by atoms with van der Waals surface area (Å²) in [5, 5.41) is 3.29. The van der Waals surface area contributed by atoms with Gasteiger partial charge in [0.2, 0.25) is 5.91 Å². The third kappa shape index (κ3) is 5.44. The number of ether oxygens (including phenoxy) is 1. The Balaban J connectivity index is 1.33. The predicted molar refractivity (Wildman–Crippen MR) is 144 cm³/mol. The van der Waals surface area contributed by atoms with Crippen molar-refractivity contribution in [2.75, 3.05) is 10.2 Å². The van der Waals surface area contributed by atoms with Gasteiger partial charge in [-0.2, -0.15) is 0 Å². The van der Waals surface area contributed by atoms with Gasteiger partial charge in [-0.25, -0.2) is 4.90 Å². The molecule has 0 bridgehead atoms. The molecule has 1 N–H and O–H groups in total. The molecule has 1 saturated heterocycles. The van der Waals surface area contributed by atoms with Crippen molar-refractivity contribution in [2.24, 2.45) is 0 Å². The second kappa shape index (κ2) is 10.5. The molecule has 1 heterocycles. The number of anilines is 2. The Bertz CT molecular complexity index is 1510. The molecule has 0 spiro atoms. The van der Waals surface area contributed by atoms with Crippen LogP contribution in [0.4, 0.5) is 11.4 Å². The minimum Gasteiger partial charge on any atom is -0.457 e. The Kier molecular flexibility index (Phi) is 6.83. The van der Waals surface area contributed by atoms with E-state index < -0.39 is 5.91 Å². The lowest BCUT2D eigenvalue weighted by Crippen LogP contribution is -2.28. The zero-order chi connectivity index (χ0) is 25.8. The average Bonchev–Trinajstić information content (AvgIpc) is 3.18. The summed E-state index contributed by atoms with van der Waals surface area (Å²) >= 11 is 6.04. The summed E-state index contributed by atoms with van der Waals surface area (Å²) in [6.45, 7) is 0. The van der Waals surface area contributed by atoms with Crippen LogP contribution in [0.25, 0.3) is 6.08 Å². The second-order valence-electron chi connectivity index (χ2n) is 8.34. The van der Waals surface area contributed by atoms with Gasteiger partial charge in [0.1, 0.15) is 11.5 Å². The van der Waals surface area contributed by atoms with Gasteiger partial charge in [-0.3, -0.25) is 14.4 Å². The van der Waals surface area contributed by atoms with Crippen LogP contribution in [0.15, 0.2) is 109 Å². The third-order valence-corrected chi connectivity index (χ3v) is 6.00. The van der Waals surface area contributed by atoms with Gasteiger partial charge < -0.3 is 10.1 Å². The number of para-hydroxylation sites is 2. The van der Waals surface area contributed by atoms with Gasteiger partial charge in [0.25, 0.3) is 11.8 Å². The normalized spacial score (nSPS) is 14.2. The topological polar surface area (TPSA) is 75.7 Å². The van der Waals surface area contributed by atoms with Crippen molar-refractivity contribution < 1.29 is 19.1 Å². The van der Waals surface area contributed by atoms with E-state index in [9.17, 15) is 14.4 Å². The first-order valence-corrected chi connectivity index (χ1v) is 11.9. The maximum Gasteiger partial charge on any atom is 0.261 e. The van der Waals surface area contributed by atoms with E-state index in [4.69, 9.17) is 16.3 Å². The van der Waals surface area contributed by atoms with E-state index >= 15 is 0 Å². The van der Waals surface area contributed by atoms with Crippen molar-refractivity contribution in [2.45, 2.75) is 6.42 Å². The molecule has 3 amide bonds. The lowest BCUT2D eigenvalue weighted by atomic mass is 10.1. The molecule has 0 aromatic heterocycles. The van der Waals surface area contributed by atoms with Crippen LogP contribution in [0.1, 0.15) is 22.3 Å². The molecule has 0 atom stereocenters. The van der Waals surface area contributed by atoms with E-state index in [1.807, 2.05) is 48.5 Å². The lowest BCUT2D eigenvalue weighted by Gasteiger charge is -2.13. The average molecular weight is 509 g/mol. The van der Waals surface area contributed by atoms with Crippen molar-refractivity contribution in [1.29, 1.82) is 0 Å². The molecule has 0 saturated carbocycles. The van der Waals surface area contributed by atoms with Gasteiger partial charge in [0.05, 0.1) is 12.1 Å². The molecule has 4 aromatic carbocycles. The van der Waals surface area contributed by atoms with Crippen LogP contribution >= 0.6 is 11.6 Å². The third-order valence-electron chi connectivity index (χ3n) is 5.76. The number of carbonyl (C=O) groups excluding carboxylic acids is 3. The standard InChI is InChI=1S/C30H21ClN2O4/c31-23-8-6-11-25(19-23)33-28(34)18-22(30(33)36)17-21-7-4-5-12-27(21)37-26-15-13-20(14-16-26)29(35)32-24-9-2-1-3-10-24/h1-17,19H,18H2,(H,32,35)/b22-17-. The SMILES string of the molecule is O=C(Nc1ccccc1)c1ccc(Oc2ccccc2/C=C2/CC(=O)N(c3cccc(Cl)c3)C2=O)cc1. The zero-order valence-electron chi connectivity index (χ0n) is 19.6. The summed E-state index contributed by atoms with van der Waals surface area (Å²) in [6, 6.07) is 29.8. The van der Waals surface area contributed by atoms with Crippen LogP contribution in [0.3, 0.4) is 0 Å². The van der Waals surface area contributed by atoms with E-state index in [0.717, 1.165) is 4.90 Å². The summed E-state index contributed by atoms with van der Waals surface area (Å²) in [4.78, 5) is 39.3. The van der Waals surface area contributed by atoms with Crippen molar-refractivity contribution in [3.05, 3.63) is 125 Å². The van der Waals surface area contributed by atoms with Crippen LogP contribution in [0.5, 0.6) is 11.5 Å². The van der Waals surface area contributed by atoms with E-state index in [0.29, 0.717) is 44.6 Å². The number of rotatable bonds is 6. The highest BCUT2D eigenvalue weighted by atomic mass is 35.5. The van der Waals surface area contributed by atoms with Crippen LogP contribution in [-0.4, -0.2) is 17.7 Å². The molecule has 7 heteroatoms. The fourth-order valence-corrected chi connectivity index (χ4v) is 4.15. The maximum atomic E-state index is 13.0. The largest absolute Gasteiger partial charge is 0.457 e. The van der Waals surface area contributed by atoms with E-state index in [1.54, 1.807) is 60.7 Å². The van der Waals surface area contributed by atoms with Gasteiger partial charge in [-0.1, -0.05) is 54.1 Å². The fourth-order valence-electron chi connectivity index (χ4n) is 3.97. The molecule has 0 radical (unpaired) electrons. The minimum atomic E-state index is -0.393. The Labute approximate surface area is 218 Å². The number of benzene rings is 4. The molecular formula is C30H21ClN2O4. The number of nitrogens with one attached hydrogen (secondary N) is 1. The molecule has 5 rings (SSSR count). The Morgan fingerprint density at radius 3 is 2.35 bits per heavy atom. The highest BCUT2D eigenvalue weighted by Crippen LogP contribution is 2.32. The van der Waals surface area contributed by atoms with Crippen LogP contribution in [0, 0.1) is 0 Å². The van der Waals surface area contributed by atoms with Gasteiger partial charge in [0.15, 0.2) is 0 Å². The van der Waals surface area contributed by atoms with E-state index in [1.165, 1.54) is 0 Å². The Morgan fingerprint density at radius 1 is 0.865 bits per heavy atom. The Morgan fingerprint density at radius 2 is 1.59 bits per heavy atom. The minimum absolute atomic E-state index is 0.0229. The summed E-state index contributed by atoms with van der Waals surface area (Å²) in [5.41, 5.74) is 2.64.